The van der Waals surface area contributed by atoms with Gasteiger partial charge in [-0.3, -0.25) is 4.68 Å². The van der Waals surface area contributed by atoms with Crippen LogP contribution in [0.5, 0.6) is 0 Å². The van der Waals surface area contributed by atoms with Crippen molar-refractivity contribution in [2.24, 2.45) is 7.05 Å². The number of benzene rings is 1. The molecular formula is C14H17N3O. The van der Waals surface area contributed by atoms with E-state index in [0.29, 0.717) is 11.7 Å². The van der Waals surface area contributed by atoms with Crippen LogP contribution in [0, 0.1) is 0 Å². The van der Waals surface area contributed by atoms with Crippen molar-refractivity contribution in [1.29, 1.82) is 0 Å². The molecular weight excluding hydrogens is 226 g/mol. The van der Waals surface area contributed by atoms with Gasteiger partial charge in [-0.1, -0.05) is 24.3 Å². The summed E-state index contributed by atoms with van der Waals surface area (Å²) in [6.45, 7) is 1.66. The molecule has 1 atom stereocenters. The fourth-order valence-corrected chi connectivity index (χ4v) is 2.48. The lowest BCUT2D eigenvalue weighted by Gasteiger charge is -2.12. The first-order chi connectivity index (χ1) is 8.75. The summed E-state index contributed by atoms with van der Waals surface area (Å²) in [5, 5.41) is 4.46. The van der Waals surface area contributed by atoms with Gasteiger partial charge < -0.3 is 10.5 Å². The van der Waals surface area contributed by atoms with Gasteiger partial charge in [-0.05, 0) is 12.0 Å². The molecule has 0 bridgehead atoms. The lowest BCUT2D eigenvalue weighted by atomic mass is 9.92. The zero-order chi connectivity index (χ0) is 12.5. The second kappa shape index (κ2) is 4.46. The molecule has 0 aliphatic carbocycles. The first-order valence-electron chi connectivity index (χ1n) is 6.22. The van der Waals surface area contributed by atoms with E-state index in [1.54, 1.807) is 4.68 Å². The van der Waals surface area contributed by atoms with Crippen molar-refractivity contribution in [3.05, 3.63) is 35.9 Å². The van der Waals surface area contributed by atoms with E-state index in [1.165, 1.54) is 11.1 Å². The van der Waals surface area contributed by atoms with Gasteiger partial charge in [0.25, 0.3) is 0 Å². The average molecular weight is 243 g/mol. The Morgan fingerprint density at radius 2 is 2.22 bits per heavy atom. The predicted molar refractivity (Wildman–Crippen MR) is 71.2 cm³/mol. The molecule has 1 aliphatic heterocycles. The topological polar surface area (TPSA) is 53.1 Å². The Balaban J connectivity index is 2.05. The van der Waals surface area contributed by atoms with E-state index in [-0.39, 0.29) is 0 Å². The van der Waals surface area contributed by atoms with Gasteiger partial charge in [0.2, 0.25) is 0 Å². The quantitative estimate of drug-likeness (QED) is 0.879. The van der Waals surface area contributed by atoms with Gasteiger partial charge in [0, 0.05) is 31.2 Å². The highest BCUT2D eigenvalue weighted by atomic mass is 16.5. The Morgan fingerprint density at radius 1 is 1.39 bits per heavy atom. The molecule has 4 heteroatoms. The summed E-state index contributed by atoms with van der Waals surface area (Å²) in [4.78, 5) is 0. The number of rotatable bonds is 2. The third kappa shape index (κ3) is 1.88. The second-order valence-electron chi connectivity index (χ2n) is 4.73. The molecule has 2 N–H and O–H groups in total. The Bertz CT molecular complexity index is 536. The number of aromatic nitrogens is 2. The van der Waals surface area contributed by atoms with Crippen LogP contribution < -0.4 is 5.73 Å². The Hall–Kier alpha value is -1.81. The Morgan fingerprint density at radius 3 is 2.89 bits per heavy atom. The first kappa shape index (κ1) is 11.3. The summed E-state index contributed by atoms with van der Waals surface area (Å²) in [7, 11) is 1.86. The van der Waals surface area contributed by atoms with Crippen molar-refractivity contribution in [3.63, 3.8) is 0 Å². The van der Waals surface area contributed by atoms with Crippen molar-refractivity contribution in [1.82, 2.24) is 9.78 Å². The van der Waals surface area contributed by atoms with E-state index in [9.17, 15) is 0 Å². The lowest BCUT2D eigenvalue weighted by molar-refractivity contribution is 0.194. The summed E-state index contributed by atoms with van der Waals surface area (Å²) >= 11 is 0. The summed E-state index contributed by atoms with van der Waals surface area (Å²) < 4.78 is 7.19. The molecule has 2 aromatic rings. The largest absolute Gasteiger partial charge is 0.384 e. The van der Waals surface area contributed by atoms with Crippen LogP contribution in [-0.2, 0) is 11.8 Å². The first-order valence-corrected chi connectivity index (χ1v) is 6.22. The van der Waals surface area contributed by atoms with Crippen LogP contribution >= 0.6 is 0 Å². The number of aryl methyl sites for hydroxylation is 1. The molecule has 18 heavy (non-hydrogen) atoms. The van der Waals surface area contributed by atoms with E-state index < -0.39 is 0 Å². The number of hydrogen-bond donors (Lipinski definition) is 1. The van der Waals surface area contributed by atoms with Crippen molar-refractivity contribution in [2.45, 2.75) is 12.3 Å². The number of ether oxygens (including phenoxy) is 1. The van der Waals surface area contributed by atoms with Crippen LogP contribution in [0.1, 0.15) is 17.9 Å². The molecule has 94 valence electrons. The van der Waals surface area contributed by atoms with E-state index in [1.807, 2.05) is 19.2 Å². The number of nitrogens with two attached hydrogens (primary N) is 1. The molecule has 1 aromatic heterocycles. The van der Waals surface area contributed by atoms with E-state index in [4.69, 9.17) is 10.5 Å². The summed E-state index contributed by atoms with van der Waals surface area (Å²) in [6.07, 6.45) is 1.08. The highest BCUT2D eigenvalue weighted by Gasteiger charge is 2.21. The molecule has 1 saturated heterocycles. The zero-order valence-electron chi connectivity index (χ0n) is 10.5. The molecule has 1 aliphatic rings. The molecule has 4 nitrogen and oxygen atoms in total. The van der Waals surface area contributed by atoms with E-state index >= 15 is 0 Å². The number of anilines is 1. The Kier molecular flexibility index (Phi) is 2.80. The van der Waals surface area contributed by atoms with Crippen LogP contribution in [0.3, 0.4) is 0 Å². The van der Waals surface area contributed by atoms with Gasteiger partial charge in [0.05, 0.1) is 12.3 Å². The van der Waals surface area contributed by atoms with Gasteiger partial charge in [-0.2, -0.15) is 5.10 Å². The number of nitrogens with zero attached hydrogens (tertiary/aromatic N) is 2. The van der Waals surface area contributed by atoms with Crippen molar-refractivity contribution in [3.8, 4) is 11.3 Å². The van der Waals surface area contributed by atoms with Gasteiger partial charge in [-0.25, -0.2) is 0 Å². The standard InChI is InChI=1S/C14H17N3O/c1-17-14(15)8-13(16-17)12-5-3-2-4-11(12)10-6-7-18-9-10/h2-5,8,10H,6-7,9,15H2,1H3. The van der Waals surface area contributed by atoms with Gasteiger partial charge >= 0.3 is 0 Å². The maximum atomic E-state index is 5.86. The van der Waals surface area contributed by atoms with Crippen LogP contribution in [0.4, 0.5) is 5.82 Å². The smallest absolute Gasteiger partial charge is 0.121 e. The van der Waals surface area contributed by atoms with Gasteiger partial charge in [0.15, 0.2) is 0 Å². The molecule has 0 spiro atoms. The normalized spacial score (nSPS) is 19.3. The third-order valence-corrected chi connectivity index (χ3v) is 3.52. The molecule has 1 unspecified atom stereocenters. The second-order valence-corrected chi connectivity index (χ2v) is 4.73. The van der Waals surface area contributed by atoms with Crippen LogP contribution in [0.2, 0.25) is 0 Å². The average Bonchev–Trinajstić information content (AvgIpc) is 3.01. The Labute approximate surface area is 106 Å². The monoisotopic (exact) mass is 243 g/mol. The molecule has 0 saturated carbocycles. The third-order valence-electron chi connectivity index (χ3n) is 3.52. The minimum absolute atomic E-state index is 0.476. The predicted octanol–water partition coefficient (Wildman–Crippen LogP) is 2.17. The zero-order valence-corrected chi connectivity index (χ0v) is 10.5. The lowest BCUT2D eigenvalue weighted by Crippen LogP contribution is -2.00. The van der Waals surface area contributed by atoms with E-state index in [0.717, 1.165) is 25.3 Å². The summed E-state index contributed by atoms with van der Waals surface area (Å²) in [6, 6.07) is 10.3. The highest BCUT2D eigenvalue weighted by molar-refractivity contribution is 5.67. The van der Waals surface area contributed by atoms with E-state index in [2.05, 4.69) is 23.3 Å². The van der Waals surface area contributed by atoms with Crippen LogP contribution in [0.25, 0.3) is 11.3 Å². The van der Waals surface area contributed by atoms with Gasteiger partial charge in [0.1, 0.15) is 5.82 Å². The van der Waals surface area contributed by atoms with Crippen LogP contribution in [0.15, 0.2) is 30.3 Å². The SMILES string of the molecule is Cn1nc(-c2ccccc2C2CCOC2)cc1N. The highest BCUT2D eigenvalue weighted by Crippen LogP contribution is 2.33. The molecule has 3 rings (SSSR count). The fraction of sp³-hybridized carbons (Fsp3) is 0.357. The van der Waals surface area contributed by atoms with Crippen LogP contribution in [-0.4, -0.2) is 23.0 Å². The summed E-state index contributed by atoms with van der Waals surface area (Å²) in [5.41, 5.74) is 9.28. The number of hydrogen-bond acceptors (Lipinski definition) is 3. The minimum Gasteiger partial charge on any atom is -0.384 e. The molecule has 1 aromatic carbocycles. The number of nitrogen functional groups attached to an aromatic ring is 1. The minimum atomic E-state index is 0.476. The van der Waals surface area contributed by atoms with Crippen molar-refractivity contribution < 1.29 is 4.74 Å². The van der Waals surface area contributed by atoms with Gasteiger partial charge in [-0.15, -0.1) is 0 Å². The summed E-state index contributed by atoms with van der Waals surface area (Å²) in [5.74, 6) is 1.16. The van der Waals surface area contributed by atoms with Crippen molar-refractivity contribution in [2.75, 3.05) is 18.9 Å². The molecule has 1 fully saturated rings. The molecule has 2 heterocycles. The maximum Gasteiger partial charge on any atom is 0.121 e. The molecule has 0 radical (unpaired) electrons. The maximum absolute atomic E-state index is 5.86. The van der Waals surface area contributed by atoms with Crippen molar-refractivity contribution >= 4 is 5.82 Å². The fourth-order valence-electron chi connectivity index (χ4n) is 2.48. The molecule has 0 amide bonds.